The van der Waals surface area contributed by atoms with E-state index in [1.165, 1.54) is 0 Å². The second-order valence-corrected chi connectivity index (χ2v) is 5.70. The summed E-state index contributed by atoms with van der Waals surface area (Å²) in [5, 5.41) is 16.1. The van der Waals surface area contributed by atoms with Crippen molar-refractivity contribution >= 4 is 5.97 Å². The van der Waals surface area contributed by atoms with Crippen molar-refractivity contribution in [2.24, 2.45) is 17.0 Å². The van der Waals surface area contributed by atoms with Gasteiger partial charge in [0.1, 0.15) is 5.54 Å². The number of hydrogen-bond donors (Lipinski definition) is 2. The standard InChI is InChI=1S/C13H24N4O2/c1-10(2)11-4-3-6-13(7-5-11,12(18)19)15-8-9-16-17-14/h10-11,15H,3-9H2,1-2H3,(H,18,19). The van der Waals surface area contributed by atoms with Gasteiger partial charge in [-0.15, -0.1) is 0 Å². The average molecular weight is 268 g/mol. The molecule has 1 rings (SSSR count). The maximum atomic E-state index is 11.6. The van der Waals surface area contributed by atoms with Gasteiger partial charge in [-0.2, -0.15) is 0 Å². The molecule has 1 aliphatic carbocycles. The van der Waals surface area contributed by atoms with E-state index in [2.05, 4.69) is 29.2 Å². The maximum absolute atomic E-state index is 11.6. The van der Waals surface area contributed by atoms with Crippen LogP contribution in [0.25, 0.3) is 10.4 Å². The lowest BCUT2D eigenvalue weighted by Crippen LogP contribution is -2.52. The van der Waals surface area contributed by atoms with Gasteiger partial charge in [-0.05, 0) is 36.6 Å². The minimum atomic E-state index is -0.839. The number of azide groups is 1. The van der Waals surface area contributed by atoms with Crippen molar-refractivity contribution in [2.45, 2.75) is 51.5 Å². The topological polar surface area (TPSA) is 98.1 Å². The molecule has 0 saturated heterocycles. The number of nitrogens with one attached hydrogen (secondary N) is 1. The van der Waals surface area contributed by atoms with Gasteiger partial charge in [0.05, 0.1) is 0 Å². The molecule has 108 valence electrons. The Morgan fingerprint density at radius 1 is 1.53 bits per heavy atom. The molecule has 19 heavy (non-hydrogen) atoms. The first-order chi connectivity index (χ1) is 9.02. The third-order valence-electron chi connectivity index (χ3n) is 4.21. The van der Waals surface area contributed by atoms with Crippen LogP contribution >= 0.6 is 0 Å². The summed E-state index contributed by atoms with van der Waals surface area (Å²) < 4.78 is 0. The fraction of sp³-hybridized carbons (Fsp3) is 0.923. The van der Waals surface area contributed by atoms with Gasteiger partial charge in [0, 0.05) is 18.0 Å². The lowest BCUT2D eigenvalue weighted by atomic mass is 9.86. The monoisotopic (exact) mass is 268 g/mol. The van der Waals surface area contributed by atoms with E-state index in [4.69, 9.17) is 5.53 Å². The van der Waals surface area contributed by atoms with Crippen LogP contribution in [0.2, 0.25) is 0 Å². The quantitative estimate of drug-likeness (QED) is 0.255. The van der Waals surface area contributed by atoms with Gasteiger partial charge >= 0.3 is 5.97 Å². The Morgan fingerprint density at radius 2 is 2.26 bits per heavy atom. The molecule has 0 amide bonds. The Morgan fingerprint density at radius 3 is 2.84 bits per heavy atom. The van der Waals surface area contributed by atoms with Crippen molar-refractivity contribution < 1.29 is 9.90 Å². The van der Waals surface area contributed by atoms with Crippen molar-refractivity contribution in [3.63, 3.8) is 0 Å². The van der Waals surface area contributed by atoms with Crippen molar-refractivity contribution in [2.75, 3.05) is 13.1 Å². The predicted molar refractivity (Wildman–Crippen MR) is 73.8 cm³/mol. The van der Waals surface area contributed by atoms with Gasteiger partial charge in [-0.25, -0.2) is 0 Å². The molecule has 6 nitrogen and oxygen atoms in total. The molecule has 0 radical (unpaired) electrons. The molecule has 0 spiro atoms. The summed E-state index contributed by atoms with van der Waals surface area (Å²) in [4.78, 5) is 14.3. The van der Waals surface area contributed by atoms with Gasteiger partial charge in [-0.3, -0.25) is 4.79 Å². The predicted octanol–water partition coefficient (Wildman–Crippen LogP) is 2.95. The van der Waals surface area contributed by atoms with Crippen LogP contribution in [0.3, 0.4) is 0 Å². The molecular weight excluding hydrogens is 244 g/mol. The Balaban J connectivity index is 2.65. The lowest BCUT2D eigenvalue weighted by Gasteiger charge is -2.29. The third-order valence-corrected chi connectivity index (χ3v) is 4.21. The number of aliphatic carboxylic acids is 1. The van der Waals surface area contributed by atoms with E-state index in [0.717, 1.165) is 19.3 Å². The first-order valence-corrected chi connectivity index (χ1v) is 7.01. The summed E-state index contributed by atoms with van der Waals surface area (Å²) in [6.45, 7) is 5.11. The van der Waals surface area contributed by atoms with E-state index >= 15 is 0 Å². The fourth-order valence-corrected chi connectivity index (χ4v) is 2.89. The molecule has 2 unspecified atom stereocenters. The number of carbonyl (C=O) groups is 1. The highest BCUT2D eigenvalue weighted by Crippen LogP contribution is 2.34. The first-order valence-electron chi connectivity index (χ1n) is 7.01. The van der Waals surface area contributed by atoms with Crippen LogP contribution in [0.15, 0.2) is 5.11 Å². The minimum absolute atomic E-state index is 0.291. The van der Waals surface area contributed by atoms with Crippen molar-refractivity contribution in [3.05, 3.63) is 10.4 Å². The first kappa shape index (κ1) is 15.8. The second-order valence-electron chi connectivity index (χ2n) is 5.70. The van der Waals surface area contributed by atoms with Gasteiger partial charge < -0.3 is 10.4 Å². The number of rotatable bonds is 6. The van der Waals surface area contributed by atoms with Crippen molar-refractivity contribution in [1.29, 1.82) is 0 Å². The molecule has 0 bridgehead atoms. The minimum Gasteiger partial charge on any atom is -0.480 e. The molecule has 1 fully saturated rings. The van der Waals surface area contributed by atoms with Gasteiger partial charge in [-0.1, -0.05) is 31.8 Å². The highest BCUT2D eigenvalue weighted by atomic mass is 16.4. The van der Waals surface area contributed by atoms with Gasteiger partial charge in [0.2, 0.25) is 0 Å². The van der Waals surface area contributed by atoms with Crippen LogP contribution in [0.5, 0.6) is 0 Å². The highest BCUT2D eigenvalue weighted by molar-refractivity contribution is 5.78. The maximum Gasteiger partial charge on any atom is 0.323 e. The van der Waals surface area contributed by atoms with Crippen LogP contribution in [-0.4, -0.2) is 29.7 Å². The second kappa shape index (κ2) is 7.36. The van der Waals surface area contributed by atoms with E-state index in [-0.39, 0.29) is 0 Å². The largest absolute Gasteiger partial charge is 0.480 e. The lowest BCUT2D eigenvalue weighted by molar-refractivity contribution is -0.145. The Bertz CT molecular complexity index is 353. The zero-order valence-electron chi connectivity index (χ0n) is 11.8. The molecule has 0 aliphatic heterocycles. The number of carboxylic acids is 1. The van der Waals surface area contributed by atoms with Crippen LogP contribution < -0.4 is 5.32 Å². The molecule has 6 heteroatoms. The zero-order valence-corrected chi connectivity index (χ0v) is 11.8. The molecule has 1 aliphatic rings. The van der Waals surface area contributed by atoms with Crippen LogP contribution in [0, 0.1) is 11.8 Å². The molecule has 0 aromatic carbocycles. The van der Waals surface area contributed by atoms with Crippen LogP contribution in [0.1, 0.15) is 46.0 Å². The molecule has 2 N–H and O–H groups in total. The van der Waals surface area contributed by atoms with E-state index in [1.807, 2.05) is 0 Å². The SMILES string of the molecule is CC(C)C1CCCC(NCCN=[N+]=[N-])(C(=O)O)CC1. The number of carboxylic acid groups (broad SMARTS) is 1. The summed E-state index contributed by atoms with van der Waals surface area (Å²) in [7, 11) is 0. The van der Waals surface area contributed by atoms with E-state index in [0.29, 0.717) is 37.8 Å². The molecule has 1 saturated carbocycles. The molecule has 0 aromatic heterocycles. The molecule has 2 atom stereocenters. The summed E-state index contributed by atoms with van der Waals surface area (Å²) in [6, 6.07) is 0. The van der Waals surface area contributed by atoms with Crippen LogP contribution in [0.4, 0.5) is 0 Å². The van der Waals surface area contributed by atoms with E-state index < -0.39 is 11.5 Å². The average Bonchev–Trinajstić information content (AvgIpc) is 2.58. The van der Waals surface area contributed by atoms with E-state index in [1.54, 1.807) is 0 Å². The summed E-state index contributed by atoms with van der Waals surface area (Å²) in [6.07, 6.45) is 4.29. The fourth-order valence-electron chi connectivity index (χ4n) is 2.89. The van der Waals surface area contributed by atoms with Crippen molar-refractivity contribution in [3.8, 4) is 0 Å². The Labute approximate surface area is 114 Å². The summed E-state index contributed by atoms with van der Waals surface area (Å²) >= 11 is 0. The number of nitrogens with zero attached hydrogens (tertiary/aromatic N) is 3. The smallest absolute Gasteiger partial charge is 0.323 e. The normalized spacial score (nSPS) is 27.6. The Kier molecular flexibility index (Phi) is 6.12. The van der Waals surface area contributed by atoms with Gasteiger partial charge in [0.15, 0.2) is 0 Å². The highest BCUT2D eigenvalue weighted by Gasteiger charge is 2.39. The molecular formula is C13H24N4O2. The summed E-state index contributed by atoms with van der Waals surface area (Å²) in [5.74, 6) is 0.436. The van der Waals surface area contributed by atoms with E-state index in [9.17, 15) is 9.90 Å². The Hall–Kier alpha value is -1.26. The molecule has 0 aromatic rings. The summed E-state index contributed by atoms with van der Waals surface area (Å²) in [5.41, 5.74) is 7.39. The van der Waals surface area contributed by atoms with Crippen molar-refractivity contribution in [1.82, 2.24) is 5.32 Å². The third kappa shape index (κ3) is 4.40. The molecule has 0 heterocycles. The van der Waals surface area contributed by atoms with Gasteiger partial charge in [0.25, 0.3) is 0 Å². The number of hydrogen-bond acceptors (Lipinski definition) is 3. The zero-order chi connectivity index (χ0) is 14.3. The van der Waals surface area contributed by atoms with Crippen LogP contribution in [-0.2, 0) is 4.79 Å².